The summed E-state index contributed by atoms with van der Waals surface area (Å²) in [6, 6.07) is 37.3. The molecular formula is C30H25O2P. The minimum Gasteiger partial charge on any atom is -0.469 e. The van der Waals surface area contributed by atoms with E-state index in [-0.39, 0.29) is 23.7 Å². The van der Waals surface area contributed by atoms with Crippen LogP contribution in [-0.2, 0) is 9.53 Å². The highest BCUT2D eigenvalue weighted by molar-refractivity contribution is 7.79. The molecule has 0 saturated carbocycles. The van der Waals surface area contributed by atoms with Crippen LogP contribution in [0.15, 0.2) is 103 Å². The van der Waals surface area contributed by atoms with Gasteiger partial charge in [0.05, 0.1) is 13.0 Å². The maximum atomic E-state index is 12.8. The number of methoxy groups -OCH3 is 1. The first kappa shape index (κ1) is 20.4. The smallest absolute Gasteiger partial charge is 0.309 e. The van der Waals surface area contributed by atoms with Gasteiger partial charge in [-0.05, 0) is 58.6 Å². The van der Waals surface area contributed by atoms with Gasteiger partial charge >= 0.3 is 5.97 Å². The van der Waals surface area contributed by atoms with Gasteiger partial charge in [-0.25, -0.2) is 0 Å². The minimum absolute atomic E-state index is 0.0528. The molecule has 3 atom stereocenters. The maximum absolute atomic E-state index is 12.8. The molecule has 4 aromatic rings. The van der Waals surface area contributed by atoms with Gasteiger partial charge in [0.15, 0.2) is 0 Å². The van der Waals surface area contributed by atoms with Gasteiger partial charge in [-0.15, -0.1) is 0 Å². The fraction of sp³-hybridized carbons (Fsp3) is 0.167. The van der Waals surface area contributed by atoms with Crippen molar-refractivity contribution in [3.63, 3.8) is 0 Å². The van der Waals surface area contributed by atoms with Gasteiger partial charge < -0.3 is 4.74 Å². The molecule has 0 radical (unpaired) electrons. The van der Waals surface area contributed by atoms with Crippen molar-refractivity contribution in [1.29, 1.82) is 0 Å². The second-order valence-corrected chi connectivity index (χ2v) is 11.1. The van der Waals surface area contributed by atoms with Crippen molar-refractivity contribution in [2.45, 2.75) is 18.3 Å². The second kappa shape index (κ2) is 8.28. The molecule has 3 aliphatic rings. The van der Waals surface area contributed by atoms with E-state index in [9.17, 15) is 4.79 Å². The van der Waals surface area contributed by atoms with E-state index < -0.39 is 7.92 Å². The SMILES string of the molecule is COC(=O)[C@H]1CC2c3ccccc3C1c1cc(P(c3ccccc3)c3ccccc3)ccc12. The lowest BCUT2D eigenvalue weighted by molar-refractivity contribution is -0.146. The highest BCUT2D eigenvalue weighted by Gasteiger charge is 2.46. The number of carbonyl (C=O) groups excluding carboxylic acids is 1. The number of hydrogen-bond acceptors (Lipinski definition) is 2. The van der Waals surface area contributed by atoms with Gasteiger partial charge in [-0.3, -0.25) is 4.79 Å². The molecule has 0 aliphatic heterocycles. The molecule has 0 aromatic heterocycles. The molecule has 0 spiro atoms. The zero-order valence-corrected chi connectivity index (χ0v) is 19.4. The van der Waals surface area contributed by atoms with E-state index in [2.05, 4.69) is 103 Å². The third kappa shape index (κ3) is 3.33. The van der Waals surface area contributed by atoms with Crippen molar-refractivity contribution in [3.8, 4) is 0 Å². The zero-order chi connectivity index (χ0) is 22.4. The summed E-state index contributed by atoms with van der Waals surface area (Å²) in [5.41, 5.74) is 5.34. The summed E-state index contributed by atoms with van der Waals surface area (Å²) >= 11 is 0. The van der Waals surface area contributed by atoms with Crippen LogP contribution in [0.25, 0.3) is 0 Å². The topological polar surface area (TPSA) is 26.3 Å². The normalized spacial score (nSPS) is 20.2. The third-order valence-electron chi connectivity index (χ3n) is 7.17. The predicted octanol–water partition coefficient (Wildman–Crippen LogP) is 5.21. The first-order valence-corrected chi connectivity index (χ1v) is 12.8. The Kier molecular flexibility index (Phi) is 5.12. The van der Waals surface area contributed by atoms with Crippen molar-refractivity contribution in [3.05, 3.63) is 125 Å². The summed E-state index contributed by atoms with van der Waals surface area (Å²) in [4.78, 5) is 12.8. The molecule has 0 saturated heterocycles. The number of ether oxygens (including phenoxy) is 1. The summed E-state index contributed by atoms with van der Waals surface area (Å²) in [5, 5.41) is 4.00. The van der Waals surface area contributed by atoms with Crippen molar-refractivity contribution in [2.24, 2.45) is 5.92 Å². The zero-order valence-electron chi connectivity index (χ0n) is 18.5. The van der Waals surface area contributed by atoms with Crippen molar-refractivity contribution in [1.82, 2.24) is 0 Å². The monoisotopic (exact) mass is 448 g/mol. The molecule has 33 heavy (non-hydrogen) atoms. The fourth-order valence-corrected chi connectivity index (χ4v) is 8.12. The molecule has 2 nitrogen and oxygen atoms in total. The number of rotatable bonds is 4. The Morgan fingerprint density at radius 3 is 1.91 bits per heavy atom. The molecule has 0 heterocycles. The van der Waals surface area contributed by atoms with E-state index in [4.69, 9.17) is 4.74 Å². The maximum Gasteiger partial charge on any atom is 0.309 e. The molecule has 7 rings (SSSR count). The lowest BCUT2D eigenvalue weighted by Crippen LogP contribution is -2.37. The number of fused-ring (bicyclic) bond motifs is 1. The van der Waals surface area contributed by atoms with E-state index in [0.29, 0.717) is 0 Å². The third-order valence-corrected chi connectivity index (χ3v) is 9.59. The van der Waals surface area contributed by atoms with Crippen LogP contribution in [0.1, 0.15) is 40.5 Å². The van der Waals surface area contributed by atoms with Gasteiger partial charge in [0.25, 0.3) is 0 Å². The molecule has 4 aromatic carbocycles. The van der Waals surface area contributed by atoms with E-state index >= 15 is 0 Å². The molecule has 0 amide bonds. The molecule has 0 fully saturated rings. The van der Waals surface area contributed by atoms with Crippen LogP contribution in [-0.4, -0.2) is 13.1 Å². The Hall–Kier alpha value is -3.22. The van der Waals surface area contributed by atoms with E-state index in [0.717, 1.165) is 6.42 Å². The largest absolute Gasteiger partial charge is 0.469 e. The van der Waals surface area contributed by atoms with Crippen LogP contribution < -0.4 is 15.9 Å². The number of hydrogen-bond donors (Lipinski definition) is 0. The average molecular weight is 449 g/mol. The van der Waals surface area contributed by atoms with Crippen LogP contribution in [0.4, 0.5) is 0 Å². The van der Waals surface area contributed by atoms with Crippen LogP contribution in [0.3, 0.4) is 0 Å². The molecule has 2 unspecified atom stereocenters. The molecule has 162 valence electrons. The predicted molar refractivity (Wildman–Crippen MR) is 135 cm³/mol. The Morgan fingerprint density at radius 2 is 1.27 bits per heavy atom. The highest BCUT2D eigenvalue weighted by atomic mass is 31.1. The van der Waals surface area contributed by atoms with Crippen LogP contribution in [0.2, 0.25) is 0 Å². The standard InChI is InChI=1S/C30H25O2P/c1-32-30(31)28-19-26-23-14-8-9-15-25(23)29(28)27-18-22(16-17-24(26)27)33(20-10-4-2-5-11-20)21-12-6-3-7-13-21/h2-18,26,28-29H,19H2,1H3/t26?,28-,29?/m0/s1. The number of benzene rings is 4. The van der Waals surface area contributed by atoms with Crippen LogP contribution >= 0.6 is 7.92 Å². The van der Waals surface area contributed by atoms with E-state index in [1.807, 2.05) is 0 Å². The summed E-state index contributed by atoms with van der Waals surface area (Å²) in [6.45, 7) is 0. The Labute approximate surface area is 196 Å². The lowest BCUT2D eigenvalue weighted by Gasteiger charge is -2.44. The highest BCUT2D eigenvalue weighted by Crippen LogP contribution is 2.56. The Morgan fingerprint density at radius 1 is 0.697 bits per heavy atom. The van der Waals surface area contributed by atoms with Gasteiger partial charge in [0.1, 0.15) is 0 Å². The van der Waals surface area contributed by atoms with E-state index in [1.165, 1.54) is 45.3 Å². The summed E-state index contributed by atoms with van der Waals surface area (Å²) in [5.74, 6) is 0.0808. The Bertz CT molecular complexity index is 1280. The van der Waals surface area contributed by atoms with Gasteiger partial charge in [0, 0.05) is 11.8 Å². The molecule has 3 aliphatic carbocycles. The van der Waals surface area contributed by atoms with Crippen LogP contribution in [0.5, 0.6) is 0 Å². The first-order chi connectivity index (χ1) is 16.3. The van der Waals surface area contributed by atoms with Gasteiger partial charge in [-0.1, -0.05) is 97.1 Å². The van der Waals surface area contributed by atoms with Crippen molar-refractivity contribution in [2.75, 3.05) is 7.11 Å². The summed E-state index contributed by atoms with van der Waals surface area (Å²) < 4.78 is 5.25. The van der Waals surface area contributed by atoms with E-state index in [1.54, 1.807) is 0 Å². The van der Waals surface area contributed by atoms with Gasteiger partial charge in [-0.2, -0.15) is 0 Å². The summed E-state index contributed by atoms with van der Waals surface area (Å²) in [7, 11) is 0.825. The molecular weight excluding hydrogens is 423 g/mol. The second-order valence-electron chi connectivity index (χ2n) is 8.84. The fourth-order valence-electron chi connectivity index (χ4n) is 5.80. The van der Waals surface area contributed by atoms with Gasteiger partial charge in [0.2, 0.25) is 0 Å². The molecule has 3 heteroatoms. The van der Waals surface area contributed by atoms with Crippen molar-refractivity contribution < 1.29 is 9.53 Å². The quantitative estimate of drug-likeness (QED) is 0.316. The number of carbonyl (C=O) groups is 1. The molecule has 0 N–H and O–H groups in total. The Balaban J connectivity index is 1.53. The number of esters is 1. The average Bonchev–Trinajstić information content (AvgIpc) is 2.89. The van der Waals surface area contributed by atoms with Crippen molar-refractivity contribution >= 4 is 29.8 Å². The molecule has 2 bridgehead atoms. The summed E-state index contributed by atoms with van der Waals surface area (Å²) in [6.07, 6.45) is 0.826. The lowest BCUT2D eigenvalue weighted by atomic mass is 9.59. The van der Waals surface area contributed by atoms with Crippen LogP contribution in [0, 0.1) is 5.92 Å². The minimum atomic E-state index is -0.687. The first-order valence-electron chi connectivity index (χ1n) is 11.5.